The van der Waals surface area contributed by atoms with Crippen LogP contribution in [0.2, 0.25) is 0 Å². The Kier molecular flexibility index (Phi) is 4.08. The molecule has 96 valence electrons. The average Bonchev–Trinajstić information content (AvgIpc) is 2.68. The second-order valence-electron chi connectivity index (χ2n) is 5.54. The fraction of sp³-hybridized carbons (Fsp3) is 0.786. The summed E-state index contributed by atoms with van der Waals surface area (Å²) in [7, 11) is 0. The molecule has 0 bridgehead atoms. The summed E-state index contributed by atoms with van der Waals surface area (Å²) >= 11 is 0. The Bertz CT molecular complexity index is 291. The van der Waals surface area contributed by atoms with E-state index in [0.29, 0.717) is 24.5 Å². The standard InChI is InChI=1S/C14H22O3/c1-10(2)9-16-14(15)8-12-7-11-5-3-4-6-13(11)17-12/h8,10-11,13H,3-7,9H2,1-2H3/b12-8-/t11-,13+/m0/s1. The minimum absolute atomic E-state index is 0.257. The van der Waals surface area contributed by atoms with E-state index in [1.165, 1.54) is 19.3 Å². The van der Waals surface area contributed by atoms with Crippen molar-refractivity contribution in [3.63, 3.8) is 0 Å². The van der Waals surface area contributed by atoms with Gasteiger partial charge in [0.15, 0.2) is 0 Å². The predicted octanol–water partition coefficient (Wildman–Crippen LogP) is 3.05. The third kappa shape index (κ3) is 3.48. The fourth-order valence-corrected chi connectivity index (χ4v) is 2.58. The first-order valence-corrected chi connectivity index (χ1v) is 6.69. The molecule has 2 fully saturated rings. The van der Waals surface area contributed by atoms with Gasteiger partial charge in [0.2, 0.25) is 0 Å². The summed E-state index contributed by atoms with van der Waals surface area (Å²) in [5.41, 5.74) is 0. The molecular weight excluding hydrogens is 216 g/mol. The van der Waals surface area contributed by atoms with E-state index in [1.54, 1.807) is 6.08 Å². The monoisotopic (exact) mass is 238 g/mol. The second-order valence-corrected chi connectivity index (χ2v) is 5.54. The molecule has 0 radical (unpaired) electrons. The maximum Gasteiger partial charge on any atom is 0.334 e. The highest BCUT2D eigenvalue weighted by atomic mass is 16.5. The molecule has 1 saturated heterocycles. The lowest BCUT2D eigenvalue weighted by molar-refractivity contribution is -0.139. The van der Waals surface area contributed by atoms with E-state index in [1.807, 2.05) is 13.8 Å². The summed E-state index contributed by atoms with van der Waals surface area (Å²) in [5.74, 6) is 1.58. The summed E-state index contributed by atoms with van der Waals surface area (Å²) in [4.78, 5) is 11.5. The SMILES string of the molecule is CC(C)COC(=O)/C=C1/C[C@@H]2CCCC[C@H]2O1. The number of carbonyl (C=O) groups excluding carboxylic acids is 1. The van der Waals surface area contributed by atoms with Crippen LogP contribution in [0.4, 0.5) is 0 Å². The number of allylic oxidation sites excluding steroid dienone is 1. The molecule has 0 aromatic heterocycles. The first-order valence-electron chi connectivity index (χ1n) is 6.69. The molecule has 17 heavy (non-hydrogen) atoms. The van der Waals surface area contributed by atoms with Gasteiger partial charge in [-0.3, -0.25) is 0 Å². The molecule has 1 aliphatic carbocycles. The van der Waals surface area contributed by atoms with Gasteiger partial charge in [-0.2, -0.15) is 0 Å². The Hall–Kier alpha value is -0.990. The van der Waals surface area contributed by atoms with Crippen molar-refractivity contribution >= 4 is 5.97 Å². The highest BCUT2D eigenvalue weighted by Crippen LogP contribution is 2.38. The number of carbonyl (C=O) groups is 1. The minimum Gasteiger partial charge on any atom is -0.494 e. The van der Waals surface area contributed by atoms with Crippen LogP contribution in [-0.2, 0) is 14.3 Å². The van der Waals surface area contributed by atoms with Crippen LogP contribution in [0.1, 0.15) is 46.0 Å². The van der Waals surface area contributed by atoms with Gasteiger partial charge in [0.1, 0.15) is 11.9 Å². The van der Waals surface area contributed by atoms with E-state index >= 15 is 0 Å². The lowest BCUT2D eigenvalue weighted by Crippen LogP contribution is -2.19. The maximum atomic E-state index is 11.5. The molecule has 1 aliphatic heterocycles. The van der Waals surface area contributed by atoms with Crippen LogP contribution in [0.25, 0.3) is 0 Å². The van der Waals surface area contributed by atoms with E-state index in [2.05, 4.69) is 0 Å². The lowest BCUT2D eigenvalue weighted by atomic mass is 9.86. The van der Waals surface area contributed by atoms with E-state index in [4.69, 9.17) is 9.47 Å². The molecule has 3 nitrogen and oxygen atoms in total. The normalized spacial score (nSPS) is 30.2. The van der Waals surface area contributed by atoms with Gasteiger partial charge < -0.3 is 9.47 Å². The van der Waals surface area contributed by atoms with E-state index < -0.39 is 0 Å². The Morgan fingerprint density at radius 3 is 2.94 bits per heavy atom. The number of ether oxygens (including phenoxy) is 2. The molecule has 0 amide bonds. The molecule has 1 saturated carbocycles. The highest BCUT2D eigenvalue weighted by molar-refractivity contribution is 5.82. The zero-order valence-electron chi connectivity index (χ0n) is 10.8. The van der Waals surface area contributed by atoms with Crippen molar-refractivity contribution < 1.29 is 14.3 Å². The van der Waals surface area contributed by atoms with Gasteiger partial charge in [-0.25, -0.2) is 4.79 Å². The van der Waals surface area contributed by atoms with Crippen LogP contribution < -0.4 is 0 Å². The first-order chi connectivity index (χ1) is 8.15. The smallest absolute Gasteiger partial charge is 0.334 e. The zero-order valence-corrected chi connectivity index (χ0v) is 10.8. The molecule has 1 heterocycles. The van der Waals surface area contributed by atoms with Gasteiger partial charge >= 0.3 is 5.97 Å². The Balaban J connectivity index is 1.84. The minimum atomic E-state index is -0.257. The lowest BCUT2D eigenvalue weighted by Gasteiger charge is -2.22. The van der Waals surface area contributed by atoms with Crippen LogP contribution in [0.3, 0.4) is 0 Å². The number of rotatable bonds is 3. The molecule has 2 rings (SSSR count). The van der Waals surface area contributed by atoms with Crippen molar-refractivity contribution in [3.05, 3.63) is 11.8 Å². The molecule has 2 aliphatic rings. The predicted molar refractivity (Wildman–Crippen MR) is 65.3 cm³/mol. The molecular formula is C14H22O3. The van der Waals surface area contributed by atoms with Crippen LogP contribution in [-0.4, -0.2) is 18.7 Å². The van der Waals surface area contributed by atoms with Gasteiger partial charge in [-0.15, -0.1) is 0 Å². The van der Waals surface area contributed by atoms with Gasteiger partial charge in [-0.1, -0.05) is 20.3 Å². The quantitative estimate of drug-likeness (QED) is 0.560. The third-order valence-corrected chi connectivity index (χ3v) is 3.44. The number of hydrogen-bond donors (Lipinski definition) is 0. The molecule has 0 spiro atoms. The van der Waals surface area contributed by atoms with Crippen LogP contribution in [0, 0.1) is 11.8 Å². The topological polar surface area (TPSA) is 35.5 Å². The molecule has 3 heteroatoms. The highest BCUT2D eigenvalue weighted by Gasteiger charge is 2.34. The zero-order chi connectivity index (χ0) is 12.3. The largest absolute Gasteiger partial charge is 0.494 e. The number of fused-ring (bicyclic) bond motifs is 1. The third-order valence-electron chi connectivity index (χ3n) is 3.44. The van der Waals surface area contributed by atoms with Crippen LogP contribution >= 0.6 is 0 Å². The summed E-state index contributed by atoms with van der Waals surface area (Å²) < 4.78 is 10.9. The molecule has 0 aromatic carbocycles. The van der Waals surface area contributed by atoms with Crippen molar-refractivity contribution in [2.45, 2.75) is 52.1 Å². The molecule has 0 N–H and O–H groups in total. The van der Waals surface area contributed by atoms with Crippen molar-refractivity contribution in [2.75, 3.05) is 6.61 Å². The average molecular weight is 238 g/mol. The second kappa shape index (κ2) is 5.56. The van der Waals surface area contributed by atoms with Crippen molar-refractivity contribution in [1.29, 1.82) is 0 Å². The summed E-state index contributed by atoms with van der Waals surface area (Å²) in [6, 6.07) is 0. The molecule has 0 unspecified atom stereocenters. The van der Waals surface area contributed by atoms with E-state index in [0.717, 1.165) is 18.6 Å². The van der Waals surface area contributed by atoms with Crippen molar-refractivity contribution in [3.8, 4) is 0 Å². The summed E-state index contributed by atoms with van der Waals surface area (Å²) in [5, 5.41) is 0. The number of esters is 1. The van der Waals surface area contributed by atoms with E-state index in [9.17, 15) is 4.79 Å². The van der Waals surface area contributed by atoms with E-state index in [-0.39, 0.29) is 5.97 Å². The van der Waals surface area contributed by atoms with Gasteiger partial charge in [-0.05, 0) is 25.2 Å². The summed E-state index contributed by atoms with van der Waals surface area (Å²) in [6.45, 7) is 4.54. The Labute approximate surface area is 103 Å². The van der Waals surface area contributed by atoms with Crippen LogP contribution in [0.5, 0.6) is 0 Å². The van der Waals surface area contributed by atoms with Crippen LogP contribution in [0.15, 0.2) is 11.8 Å². The van der Waals surface area contributed by atoms with Gasteiger partial charge in [0.05, 0.1) is 12.7 Å². The number of hydrogen-bond acceptors (Lipinski definition) is 3. The Morgan fingerprint density at radius 2 is 2.24 bits per heavy atom. The Morgan fingerprint density at radius 1 is 1.47 bits per heavy atom. The van der Waals surface area contributed by atoms with Gasteiger partial charge in [0.25, 0.3) is 0 Å². The first kappa shape index (κ1) is 12.5. The molecule has 2 atom stereocenters. The van der Waals surface area contributed by atoms with Gasteiger partial charge in [0, 0.05) is 12.3 Å². The van der Waals surface area contributed by atoms with Crippen molar-refractivity contribution in [2.24, 2.45) is 11.8 Å². The summed E-state index contributed by atoms with van der Waals surface area (Å²) in [6.07, 6.45) is 7.75. The van der Waals surface area contributed by atoms with Crippen molar-refractivity contribution in [1.82, 2.24) is 0 Å². The molecule has 0 aromatic rings. The fourth-order valence-electron chi connectivity index (χ4n) is 2.58. The maximum absolute atomic E-state index is 11.5.